The molecule has 6 heteroatoms. The summed E-state index contributed by atoms with van der Waals surface area (Å²) in [5.41, 5.74) is 0.385. The maximum atomic E-state index is 12.1. The molecule has 94 valence electrons. The van der Waals surface area contributed by atoms with Crippen LogP contribution in [0, 0.1) is 0 Å². The SMILES string of the molecule is COc1ccc(C(O)/C(I)=C/C(F)(F)F)cc1. The third-order valence-corrected chi connectivity index (χ3v) is 2.90. The molecule has 0 saturated heterocycles. The van der Waals surface area contributed by atoms with Gasteiger partial charge in [0.25, 0.3) is 0 Å². The van der Waals surface area contributed by atoms with Crippen molar-refractivity contribution < 1.29 is 23.0 Å². The molecule has 0 aliphatic heterocycles. The van der Waals surface area contributed by atoms with Crippen molar-refractivity contribution in [1.29, 1.82) is 0 Å². The standard InChI is InChI=1S/C11H10F3IO2/c1-17-8-4-2-7(3-5-8)10(16)9(15)6-11(12,13)14/h2-6,10,16H,1H3/b9-6-. The van der Waals surface area contributed by atoms with Gasteiger partial charge < -0.3 is 9.84 Å². The van der Waals surface area contributed by atoms with Crippen LogP contribution >= 0.6 is 22.6 Å². The van der Waals surface area contributed by atoms with Gasteiger partial charge in [-0.3, -0.25) is 0 Å². The minimum atomic E-state index is -4.43. The van der Waals surface area contributed by atoms with E-state index in [1.807, 2.05) is 0 Å². The number of ether oxygens (including phenoxy) is 1. The topological polar surface area (TPSA) is 29.5 Å². The Kier molecular flexibility index (Phi) is 4.81. The summed E-state index contributed by atoms with van der Waals surface area (Å²) in [4.78, 5) is 0. The quantitative estimate of drug-likeness (QED) is 0.837. The Morgan fingerprint density at radius 3 is 2.29 bits per heavy atom. The number of allylic oxidation sites excluding steroid dienone is 1. The summed E-state index contributed by atoms with van der Waals surface area (Å²) < 4.78 is 41.0. The van der Waals surface area contributed by atoms with Gasteiger partial charge in [-0.1, -0.05) is 12.1 Å². The maximum Gasteiger partial charge on any atom is 0.410 e. The first-order chi connectivity index (χ1) is 7.83. The molecular weight excluding hydrogens is 348 g/mol. The van der Waals surface area contributed by atoms with E-state index in [0.717, 1.165) is 0 Å². The van der Waals surface area contributed by atoms with Crippen LogP contribution in [0.3, 0.4) is 0 Å². The van der Waals surface area contributed by atoms with Gasteiger partial charge in [0.15, 0.2) is 0 Å². The number of halogens is 4. The van der Waals surface area contributed by atoms with Crippen LogP contribution in [0.2, 0.25) is 0 Å². The molecular formula is C11H10F3IO2. The monoisotopic (exact) mass is 358 g/mol. The highest BCUT2D eigenvalue weighted by atomic mass is 127. The Morgan fingerprint density at radius 1 is 1.35 bits per heavy atom. The molecule has 1 N–H and O–H groups in total. The zero-order valence-corrected chi connectivity index (χ0v) is 11.0. The molecule has 0 fully saturated rings. The molecule has 0 saturated carbocycles. The highest BCUT2D eigenvalue weighted by Gasteiger charge is 2.26. The lowest BCUT2D eigenvalue weighted by atomic mass is 10.1. The normalized spacial score (nSPS) is 14.6. The summed E-state index contributed by atoms with van der Waals surface area (Å²) in [5.74, 6) is 0.579. The third-order valence-electron chi connectivity index (χ3n) is 1.99. The predicted molar refractivity (Wildman–Crippen MR) is 66.1 cm³/mol. The van der Waals surface area contributed by atoms with Crippen LogP contribution in [0.15, 0.2) is 33.9 Å². The smallest absolute Gasteiger partial charge is 0.410 e. The Hall–Kier alpha value is -0.760. The number of hydrogen-bond acceptors (Lipinski definition) is 2. The summed E-state index contributed by atoms with van der Waals surface area (Å²) in [6.07, 6.45) is -5.62. The number of methoxy groups -OCH3 is 1. The van der Waals surface area contributed by atoms with Gasteiger partial charge in [0, 0.05) is 9.66 Å². The van der Waals surface area contributed by atoms with E-state index in [0.29, 0.717) is 11.3 Å². The van der Waals surface area contributed by atoms with E-state index >= 15 is 0 Å². The fourth-order valence-electron chi connectivity index (χ4n) is 1.18. The number of aliphatic hydroxyl groups excluding tert-OH is 1. The Balaban J connectivity index is 2.88. The van der Waals surface area contributed by atoms with E-state index in [1.165, 1.54) is 41.8 Å². The largest absolute Gasteiger partial charge is 0.497 e. The number of aliphatic hydroxyl groups is 1. The molecule has 0 aliphatic rings. The molecule has 0 radical (unpaired) electrons. The number of hydrogen-bond donors (Lipinski definition) is 1. The second-order valence-electron chi connectivity index (χ2n) is 3.25. The second-order valence-corrected chi connectivity index (χ2v) is 4.49. The van der Waals surface area contributed by atoms with Gasteiger partial charge in [0.1, 0.15) is 11.9 Å². The zero-order valence-electron chi connectivity index (χ0n) is 8.83. The lowest BCUT2D eigenvalue weighted by Crippen LogP contribution is -2.05. The first-order valence-electron chi connectivity index (χ1n) is 4.60. The van der Waals surface area contributed by atoms with Gasteiger partial charge in [-0.25, -0.2) is 0 Å². The summed E-state index contributed by atoms with van der Waals surface area (Å²) in [5, 5.41) is 9.70. The van der Waals surface area contributed by atoms with Crippen molar-refractivity contribution in [1.82, 2.24) is 0 Å². The van der Waals surface area contributed by atoms with Crippen LogP contribution in [0.1, 0.15) is 11.7 Å². The van der Waals surface area contributed by atoms with Crippen molar-refractivity contribution in [3.63, 3.8) is 0 Å². The van der Waals surface area contributed by atoms with Crippen molar-refractivity contribution in [2.24, 2.45) is 0 Å². The van der Waals surface area contributed by atoms with Crippen LogP contribution in [0.25, 0.3) is 0 Å². The second kappa shape index (κ2) is 5.72. The third kappa shape index (κ3) is 4.55. The van der Waals surface area contributed by atoms with E-state index in [4.69, 9.17) is 4.74 Å². The van der Waals surface area contributed by atoms with E-state index in [9.17, 15) is 18.3 Å². The van der Waals surface area contributed by atoms with Crippen LogP contribution in [0.5, 0.6) is 5.75 Å². The highest BCUT2D eigenvalue weighted by Crippen LogP contribution is 2.31. The summed E-state index contributed by atoms with van der Waals surface area (Å²) in [7, 11) is 1.48. The molecule has 0 amide bonds. The van der Waals surface area contributed by atoms with Crippen molar-refractivity contribution in [3.8, 4) is 5.75 Å². The molecule has 2 nitrogen and oxygen atoms in total. The number of benzene rings is 1. The van der Waals surface area contributed by atoms with E-state index < -0.39 is 12.3 Å². The van der Waals surface area contributed by atoms with Gasteiger partial charge in [0.2, 0.25) is 0 Å². The average molecular weight is 358 g/mol. The van der Waals surface area contributed by atoms with Crippen molar-refractivity contribution in [2.75, 3.05) is 7.11 Å². The fraction of sp³-hybridized carbons (Fsp3) is 0.273. The fourth-order valence-corrected chi connectivity index (χ4v) is 1.89. The molecule has 0 bridgehead atoms. The molecule has 0 heterocycles. The van der Waals surface area contributed by atoms with Gasteiger partial charge in [-0.05, 0) is 40.3 Å². The molecule has 0 spiro atoms. The molecule has 1 atom stereocenters. The molecule has 0 aliphatic carbocycles. The van der Waals surface area contributed by atoms with E-state index in [1.54, 1.807) is 12.1 Å². The summed E-state index contributed by atoms with van der Waals surface area (Å²) >= 11 is 1.47. The van der Waals surface area contributed by atoms with Crippen LogP contribution < -0.4 is 4.74 Å². The van der Waals surface area contributed by atoms with Crippen molar-refractivity contribution >= 4 is 22.6 Å². The van der Waals surface area contributed by atoms with Crippen molar-refractivity contribution in [3.05, 3.63) is 39.5 Å². The van der Waals surface area contributed by atoms with Gasteiger partial charge in [0.05, 0.1) is 7.11 Å². The Labute approximate surface area is 110 Å². The molecule has 0 aromatic heterocycles. The highest BCUT2D eigenvalue weighted by molar-refractivity contribution is 14.1. The minimum absolute atomic E-state index is 0.0858. The van der Waals surface area contributed by atoms with Crippen LogP contribution in [-0.2, 0) is 0 Å². The number of alkyl halides is 3. The molecule has 1 aromatic carbocycles. The first kappa shape index (κ1) is 14.3. The van der Waals surface area contributed by atoms with Gasteiger partial charge in [-0.15, -0.1) is 0 Å². The van der Waals surface area contributed by atoms with E-state index in [-0.39, 0.29) is 9.66 Å². The van der Waals surface area contributed by atoms with Crippen LogP contribution in [-0.4, -0.2) is 18.4 Å². The summed E-state index contributed by atoms with van der Waals surface area (Å²) in [6.45, 7) is 0. The maximum absolute atomic E-state index is 12.1. The lowest BCUT2D eigenvalue weighted by molar-refractivity contribution is -0.0807. The Morgan fingerprint density at radius 2 is 1.88 bits per heavy atom. The molecule has 1 unspecified atom stereocenters. The molecule has 1 rings (SSSR count). The first-order valence-corrected chi connectivity index (χ1v) is 5.68. The molecule has 1 aromatic rings. The van der Waals surface area contributed by atoms with Crippen LogP contribution in [0.4, 0.5) is 13.2 Å². The summed E-state index contributed by atoms with van der Waals surface area (Å²) in [6, 6.07) is 6.20. The van der Waals surface area contributed by atoms with Crippen molar-refractivity contribution in [2.45, 2.75) is 12.3 Å². The van der Waals surface area contributed by atoms with E-state index in [2.05, 4.69) is 0 Å². The zero-order chi connectivity index (χ0) is 13.1. The molecule has 17 heavy (non-hydrogen) atoms. The predicted octanol–water partition coefficient (Wildman–Crippen LogP) is 3.61. The van der Waals surface area contributed by atoms with Gasteiger partial charge >= 0.3 is 6.18 Å². The number of rotatable bonds is 3. The lowest BCUT2D eigenvalue weighted by Gasteiger charge is -2.12. The Bertz CT molecular complexity index is 398. The average Bonchev–Trinajstić information content (AvgIpc) is 2.26. The van der Waals surface area contributed by atoms with Gasteiger partial charge in [-0.2, -0.15) is 13.2 Å². The minimum Gasteiger partial charge on any atom is -0.497 e.